The van der Waals surface area contributed by atoms with E-state index in [2.05, 4.69) is 16.0 Å². The Morgan fingerprint density at radius 3 is 2.17 bits per heavy atom. The molecule has 0 aliphatic carbocycles. The Labute approximate surface area is 248 Å². The third-order valence-electron chi connectivity index (χ3n) is 6.46. The summed E-state index contributed by atoms with van der Waals surface area (Å²) < 4.78 is 0. The number of amides is 3. The fourth-order valence-electron chi connectivity index (χ4n) is 4.33. The van der Waals surface area contributed by atoms with E-state index >= 15 is 0 Å². The molecule has 3 amide bonds. The van der Waals surface area contributed by atoms with E-state index in [1.165, 1.54) is 11.8 Å². The molecule has 0 aromatic heterocycles. The van der Waals surface area contributed by atoms with Gasteiger partial charge in [0.25, 0.3) is 11.8 Å². The number of anilines is 2. The van der Waals surface area contributed by atoms with Crippen molar-refractivity contribution in [1.29, 1.82) is 0 Å². The van der Waals surface area contributed by atoms with Gasteiger partial charge in [-0.25, -0.2) is 0 Å². The van der Waals surface area contributed by atoms with Crippen LogP contribution < -0.4 is 16.0 Å². The minimum Gasteiger partial charge on any atom is -0.325 e. The van der Waals surface area contributed by atoms with Gasteiger partial charge in [-0.05, 0) is 60.3 Å². The minimum atomic E-state index is -0.466. The number of rotatable bonds is 9. The van der Waals surface area contributed by atoms with E-state index in [0.717, 1.165) is 26.9 Å². The van der Waals surface area contributed by atoms with Crippen LogP contribution in [0.4, 0.5) is 11.4 Å². The van der Waals surface area contributed by atoms with Crippen LogP contribution in [-0.2, 0) is 9.59 Å². The summed E-state index contributed by atoms with van der Waals surface area (Å²) in [5.41, 5.74) is 2.63. The maximum Gasteiger partial charge on any atom is 0.272 e. The zero-order valence-electron chi connectivity index (χ0n) is 22.9. The van der Waals surface area contributed by atoms with Crippen molar-refractivity contribution in [2.24, 2.45) is 0 Å². The molecule has 5 rings (SSSR count). The van der Waals surface area contributed by atoms with Gasteiger partial charge in [-0.1, -0.05) is 91.0 Å². The second-order valence-electron chi connectivity index (χ2n) is 9.55. The zero-order valence-corrected chi connectivity index (χ0v) is 23.7. The zero-order chi connectivity index (χ0) is 29.3. The Morgan fingerprint density at radius 1 is 0.714 bits per heavy atom. The van der Waals surface area contributed by atoms with Crippen molar-refractivity contribution in [2.75, 3.05) is 10.6 Å². The molecule has 1 unspecified atom stereocenters. The Kier molecular flexibility index (Phi) is 9.11. The first-order chi connectivity index (χ1) is 20.5. The van der Waals surface area contributed by atoms with E-state index in [1.807, 2.05) is 104 Å². The summed E-state index contributed by atoms with van der Waals surface area (Å²) in [7, 11) is 0. The van der Waals surface area contributed by atoms with Crippen LogP contribution in [0.25, 0.3) is 16.8 Å². The van der Waals surface area contributed by atoms with E-state index in [-0.39, 0.29) is 17.5 Å². The maximum atomic E-state index is 13.4. The van der Waals surface area contributed by atoms with Gasteiger partial charge in [-0.3, -0.25) is 14.4 Å². The summed E-state index contributed by atoms with van der Waals surface area (Å²) in [6.07, 6.45) is 1.63. The second-order valence-corrected chi connectivity index (χ2v) is 11.0. The number of carbonyl (C=O) groups is 3. The van der Waals surface area contributed by atoms with E-state index < -0.39 is 11.2 Å². The number of carbonyl (C=O) groups excluding carboxylic acids is 3. The normalized spacial score (nSPS) is 11.9. The van der Waals surface area contributed by atoms with Crippen molar-refractivity contribution >= 4 is 57.7 Å². The molecule has 5 aromatic carbocycles. The van der Waals surface area contributed by atoms with Gasteiger partial charge in [-0.15, -0.1) is 11.8 Å². The van der Waals surface area contributed by atoms with Crippen LogP contribution in [0, 0.1) is 0 Å². The number of hydrogen-bond donors (Lipinski definition) is 3. The predicted octanol–water partition coefficient (Wildman–Crippen LogP) is 7.37. The molecule has 0 heterocycles. The van der Waals surface area contributed by atoms with Crippen LogP contribution in [0.3, 0.4) is 0 Å². The first-order valence-corrected chi connectivity index (χ1v) is 14.3. The van der Waals surface area contributed by atoms with Crippen molar-refractivity contribution in [3.8, 4) is 0 Å². The maximum absolute atomic E-state index is 13.4. The van der Waals surface area contributed by atoms with Crippen molar-refractivity contribution < 1.29 is 14.4 Å². The number of nitrogens with one attached hydrogen (secondary N) is 3. The van der Waals surface area contributed by atoms with Gasteiger partial charge in [0.05, 0.1) is 5.25 Å². The molecule has 6 nitrogen and oxygen atoms in total. The molecule has 208 valence electrons. The van der Waals surface area contributed by atoms with Gasteiger partial charge in [0.15, 0.2) is 0 Å². The minimum absolute atomic E-state index is 0.107. The molecule has 1 atom stereocenters. The summed E-state index contributed by atoms with van der Waals surface area (Å²) in [5.74, 6) is -0.974. The summed E-state index contributed by atoms with van der Waals surface area (Å²) in [5, 5.41) is 10.3. The van der Waals surface area contributed by atoms with Gasteiger partial charge < -0.3 is 16.0 Å². The number of thioether (sulfide) groups is 1. The van der Waals surface area contributed by atoms with E-state index in [4.69, 9.17) is 0 Å². The fraction of sp³-hybridized carbons (Fsp3) is 0.0571. The number of hydrogen-bond acceptors (Lipinski definition) is 4. The van der Waals surface area contributed by atoms with E-state index in [9.17, 15) is 14.4 Å². The third-order valence-corrected chi connectivity index (χ3v) is 7.55. The first kappa shape index (κ1) is 28.4. The molecule has 3 N–H and O–H groups in total. The lowest BCUT2D eigenvalue weighted by atomic mass is 10.1. The van der Waals surface area contributed by atoms with E-state index in [1.54, 1.807) is 36.4 Å². The number of benzene rings is 5. The molecule has 0 aliphatic rings. The van der Waals surface area contributed by atoms with Crippen molar-refractivity contribution in [3.05, 3.63) is 144 Å². The molecule has 0 aliphatic heterocycles. The molecule has 0 fully saturated rings. The smallest absolute Gasteiger partial charge is 0.272 e. The highest BCUT2D eigenvalue weighted by atomic mass is 32.2. The standard InChI is InChI=1S/C35H29N3O3S/c1-24(33(39)37-31-21-10-17-26-14-8-9-20-30(26)31)42-29-19-11-18-28(23-29)36-35(41)32(22-25-12-4-2-5-13-25)38-34(40)27-15-6-3-7-16-27/h2-24H,1H3,(H,36,41)(H,37,39)(H,38,40)/b32-22-. The molecule has 42 heavy (non-hydrogen) atoms. The summed E-state index contributed by atoms with van der Waals surface area (Å²) in [6.45, 7) is 1.84. The Hall–Kier alpha value is -5.14. The molecule has 0 saturated carbocycles. The van der Waals surface area contributed by atoms with Gasteiger partial charge in [0.2, 0.25) is 5.91 Å². The van der Waals surface area contributed by atoms with Gasteiger partial charge >= 0.3 is 0 Å². The monoisotopic (exact) mass is 571 g/mol. The average molecular weight is 572 g/mol. The lowest BCUT2D eigenvalue weighted by Crippen LogP contribution is -2.30. The molecule has 0 bridgehead atoms. The molecule has 0 spiro atoms. The Balaban J connectivity index is 1.28. The highest BCUT2D eigenvalue weighted by Crippen LogP contribution is 2.28. The SMILES string of the molecule is CC(Sc1cccc(NC(=O)/C(=C/c2ccccc2)NC(=O)c2ccccc2)c1)C(=O)Nc1cccc2ccccc12. The number of fused-ring (bicyclic) bond motifs is 1. The molecule has 5 aromatic rings. The molecule has 0 radical (unpaired) electrons. The topological polar surface area (TPSA) is 87.3 Å². The summed E-state index contributed by atoms with van der Waals surface area (Å²) >= 11 is 1.39. The van der Waals surface area contributed by atoms with E-state index in [0.29, 0.717) is 11.3 Å². The van der Waals surface area contributed by atoms with Crippen LogP contribution in [0.2, 0.25) is 0 Å². The highest BCUT2D eigenvalue weighted by Gasteiger charge is 2.18. The highest BCUT2D eigenvalue weighted by molar-refractivity contribution is 8.00. The average Bonchev–Trinajstić information content (AvgIpc) is 3.02. The first-order valence-electron chi connectivity index (χ1n) is 13.5. The molecular weight excluding hydrogens is 542 g/mol. The van der Waals surface area contributed by atoms with Crippen molar-refractivity contribution in [3.63, 3.8) is 0 Å². The van der Waals surface area contributed by atoms with Crippen LogP contribution in [0.5, 0.6) is 0 Å². The Bertz CT molecular complexity index is 1750. The lowest BCUT2D eigenvalue weighted by molar-refractivity contribution is -0.115. The molecule has 7 heteroatoms. The second kappa shape index (κ2) is 13.5. The largest absolute Gasteiger partial charge is 0.325 e. The quantitative estimate of drug-likeness (QED) is 0.127. The fourth-order valence-corrected chi connectivity index (χ4v) is 5.26. The van der Waals surface area contributed by atoms with Gasteiger partial charge in [-0.2, -0.15) is 0 Å². The van der Waals surface area contributed by atoms with Gasteiger partial charge in [0, 0.05) is 27.2 Å². The predicted molar refractivity (Wildman–Crippen MR) is 171 cm³/mol. The molecule has 0 saturated heterocycles. The van der Waals surface area contributed by atoms with Crippen LogP contribution in [0.15, 0.2) is 138 Å². The van der Waals surface area contributed by atoms with Crippen LogP contribution >= 0.6 is 11.8 Å². The Morgan fingerprint density at radius 2 is 1.38 bits per heavy atom. The summed E-state index contributed by atoms with van der Waals surface area (Å²) in [4.78, 5) is 40.1. The summed E-state index contributed by atoms with van der Waals surface area (Å²) in [6, 6.07) is 39.0. The van der Waals surface area contributed by atoms with Crippen molar-refractivity contribution in [1.82, 2.24) is 5.32 Å². The van der Waals surface area contributed by atoms with Gasteiger partial charge in [0.1, 0.15) is 5.70 Å². The lowest BCUT2D eigenvalue weighted by Gasteiger charge is -2.15. The third kappa shape index (κ3) is 7.33. The molecular formula is C35H29N3O3S. The van der Waals surface area contributed by atoms with Crippen LogP contribution in [-0.4, -0.2) is 23.0 Å². The van der Waals surface area contributed by atoms with Crippen LogP contribution in [0.1, 0.15) is 22.8 Å². The van der Waals surface area contributed by atoms with Crippen molar-refractivity contribution in [2.45, 2.75) is 17.1 Å².